The summed E-state index contributed by atoms with van der Waals surface area (Å²) in [7, 11) is -3.47. The normalized spacial score (nSPS) is 40.4. The Kier molecular flexibility index (Phi) is 3.85. The van der Waals surface area contributed by atoms with Gasteiger partial charge in [-0.2, -0.15) is 4.31 Å². The molecule has 4 aliphatic carbocycles. The molecule has 1 saturated heterocycles. The largest absolute Gasteiger partial charge is 0.355 e. The van der Waals surface area contributed by atoms with Gasteiger partial charge in [0.15, 0.2) is 0 Å². The van der Waals surface area contributed by atoms with Crippen LogP contribution in [0.4, 0.5) is 0 Å². The molecular weight excluding hydrogens is 408 g/mol. The van der Waals surface area contributed by atoms with Gasteiger partial charge in [0.25, 0.3) is 0 Å². The number of piperidine rings is 1. The number of sulfonamides is 1. The Morgan fingerprint density at radius 3 is 2.24 bits per heavy atom. The third kappa shape index (κ3) is 2.21. The van der Waals surface area contributed by atoms with E-state index in [1.54, 1.807) is 28.6 Å². The lowest BCUT2D eigenvalue weighted by Gasteiger charge is -2.90. The molecule has 7 heteroatoms. The molecule has 1 heterocycles. The molecule has 1 aromatic carbocycles. The lowest BCUT2D eigenvalue weighted by Crippen LogP contribution is -2.88. The van der Waals surface area contributed by atoms with E-state index in [1.165, 1.54) is 12.8 Å². The first-order valence-corrected chi connectivity index (χ1v) is 12.7. The molecule has 1 aliphatic heterocycles. The van der Waals surface area contributed by atoms with Gasteiger partial charge in [-0.15, -0.1) is 0 Å². The van der Waals surface area contributed by atoms with Gasteiger partial charge in [-0.25, -0.2) is 8.42 Å². The maximum atomic E-state index is 13.0. The van der Waals surface area contributed by atoms with Crippen molar-refractivity contribution in [3.8, 4) is 0 Å². The van der Waals surface area contributed by atoms with Crippen LogP contribution in [0, 0.1) is 34.5 Å². The van der Waals surface area contributed by atoms with Crippen LogP contribution in [-0.4, -0.2) is 38.3 Å². The summed E-state index contributed by atoms with van der Waals surface area (Å²) in [5.74, 6) is 3.17. The van der Waals surface area contributed by atoms with Gasteiger partial charge in [0, 0.05) is 24.7 Å². The van der Waals surface area contributed by atoms with Crippen molar-refractivity contribution >= 4 is 27.5 Å². The zero-order valence-electron chi connectivity index (χ0n) is 16.4. The fourth-order valence-electron chi connectivity index (χ4n) is 7.83. The van der Waals surface area contributed by atoms with Gasteiger partial charge >= 0.3 is 0 Å². The summed E-state index contributed by atoms with van der Waals surface area (Å²) in [6.07, 6.45) is 6.55. The molecule has 2 unspecified atom stereocenters. The van der Waals surface area contributed by atoms with E-state index in [0.717, 1.165) is 43.4 Å². The van der Waals surface area contributed by atoms with Crippen LogP contribution in [0.1, 0.15) is 38.5 Å². The van der Waals surface area contributed by atoms with Crippen LogP contribution in [-0.2, 0) is 14.8 Å². The lowest BCUT2D eigenvalue weighted by molar-refractivity contribution is -0.413. The summed E-state index contributed by atoms with van der Waals surface area (Å²) in [6, 6.07) is 6.35. The SMILES string of the molecule is O=C(NCC1CCN(S(=O)(=O)c2ccc(Cl)cc2)CC1)C12CC3CC4CC(C1)C432. The van der Waals surface area contributed by atoms with E-state index in [2.05, 4.69) is 5.32 Å². The number of halogens is 1. The molecule has 0 bridgehead atoms. The summed E-state index contributed by atoms with van der Waals surface area (Å²) in [4.78, 5) is 13.3. The van der Waals surface area contributed by atoms with Crippen molar-refractivity contribution in [2.45, 2.75) is 43.4 Å². The average Bonchev–Trinajstić information content (AvgIpc) is 2.65. The lowest BCUT2D eigenvalue weighted by atomic mass is 9.13. The molecular formula is C22H27ClN2O3S. The average molecular weight is 435 g/mol. The van der Waals surface area contributed by atoms with Gasteiger partial charge in [0.2, 0.25) is 15.9 Å². The Balaban J connectivity index is 1.03. The summed E-state index contributed by atoms with van der Waals surface area (Å²) in [5, 5.41) is 3.80. The number of benzene rings is 1. The predicted molar refractivity (Wildman–Crippen MR) is 110 cm³/mol. The van der Waals surface area contributed by atoms with Crippen LogP contribution in [0.2, 0.25) is 5.02 Å². The molecule has 1 aromatic rings. The maximum absolute atomic E-state index is 13.0. The molecule has 5 aliphatic rings. The minimum atomic E-state index is -3.47. The van der Waals surface area contributed by atoms with E-state index < -0.39 is 10.0 Å². The minimum Gasteiger partial charge on any atom is -0.355 e. The van der Waals surface area contributed by atoms with Gasteiger partial charge in [0.1, 0.15) is 0 Å². The number of hydrogen-bond acceptors (Lipinski definition) is 3. The molecule has 29 heavy (non-hydrogen) atoms. The molecule has 2 atom stereocenters. The molecule has 4 saturated carbocycles. The van der Waals surface area contributed by atoms with Crippen LogP contribution in [0.3, 0.4) is 0 Å². The van der Waals surface area contributed by atoms with Crippen molar-refractivity contribution < 1.29 is 13.2 Å². The van der Waals surface area contributed by atoms with Crippen LogP contribution < -0.4 is 5.32 Å². The monoisotopic (exact) mass is 434 g/mol. The highest BCUT2D eigenvalue weighted by Crippen LogP contribution is 2.92. The molecule has 6 rings (SSSR count). The molecule has 1 spiro atoms. The highest BCUT2D eigenvalue weighted by atomic mass is 35.5. The van der Waals surface area contributed by atoms with E-state index in [9.17, 15) is 13.2 Å². The predicted octanol–water partition coefficient (Wildman–Crippen LogP) is 3.29. The summed E-state index contributed by atoms with van der Waals surface area (Å²) >= 11 is 5.87. The Bertz CT molecular complexity index is 943. The Labute approximate surface area is 177 Å². The van der Waals surface area contributed by atoms with Gasteiger partial charge in [-0.05, 0) is 91.9 Å². The quantitative estimate of drug-likeness (QED) is 0.773. The molecule has 5 nitrogen and oxygen atoms in total. The van der Waals surface area contributed by atoms with E-state index in [1.807, 2.05) is 0 Å². The van der Waals surface area contributed by atoms with Crippen LogP contribution in [0.15, 0.2) is 29.2 Å². The van der Waals surface area contributed by atoms with Crippen molar-refractivity contribution in [2.24, 2.45) is 34.5 Å². The zero-order valence-corrected chi connectivity index (χ0v) is 18.0. The fourth-order valence-corrected chi connectivity index (χ4v) is 9.43. The van der Waals surface area contributed by atoms with Gasteiger partial charge < -0.3 is 5.32 Å². The number of nitrogens with zero attached hydrogens (tertiary/aromatic N) is 1. The molecule has 1 amide bonds. The van der Waals surface area contributed by atoms with E-state index in [-0.39, 0.29) is 5.41 Å². The second-order valence-electron chi connectivity index (χ2n) is 10.00. The van der Waals surface area contributed by atoms with E-state index >= 15 is 0 Å². The van der Waals surface area contributed by atoms with E-state index in [0.29, 0.717) is 46.8 Å². The number of carbonyl (C=O) groups is 1. The van der Waals surface area contributed by atoms with Crippen molar-refractivity contribution in [1.82, 2.24) is 9.62 Å². The van der Waals surface area contributed by atoms with Crippen molar-refractivity contribution in [3.63, 3.8) is 0 Å². The zero-order chi connectivity index (χ0) is 20.0. The standard InChI is InChI=1S/C22H27ClN2O3S/c23-18-1-3-19(4-2-18)29(27,28)25-7-5-14(6-8-25)13-24-20(26)21-11-16-9-15-10-17(12-21)22(15,16)21/h1-4,14-17H,5-13H2,(H,24,26). The van der Waals surface area contributed by atoms with Crippen LogP contribution in [0.25, 0.3) is 0 Å². The van der Waals surface area contributed by atoms with Crippen molar-refractivity contribution in [1.29, 1.82) is 0 Å². The molecule has 0 aromatic heterocycles. The second-order valence-corrected chi connectivity index (χ2v) is 12.4. The first-order chi connectivity index (χ1) is 13.9. The first-order valence-electron chi connectivity index (χ1n) is 10.9. The van der Waals surface area contributed by atoms with Crippen molar-refractivity contribution in [2.75, 3.05) is 19.6 Å². The summed E-state index contributed by atoms with van der Waals surface area (Å²) in [6.45, 7) is 1.70. The highest BCUT2D eigenvalue weighted by Gasteiger charge is 2.89. The number of hydrogen-bond donors (Lipinski definition) is 1. The van der Waals surface area contributed by atoms with Crippen molar-refractivity contribution in [3.05, 3.63) is 29.3 Å². The van der Waals surface area contributed by atoms with Crippen LogP contribution in [0.5, 0.6) is 0 Å². The third-order valence-corrected chi connectivity index (χ3v) is 11.4. The number of nitrogens with one attached hydrogen (secondary N) is 1. The number of carbonyl (C=O) groups excluding carboxylic acids is 1. The fraction of sp³-hybridized carbons (Fsp3) is 0.682. The summed E-state index contributed by atoms with van der Waals surface area (Å²) in [5.41, 5.74) is 0.398. The second kappa shape index (κ2) is 5.98. The maximum Gasteiger partial charge on any atom is 0.243 e. The van der Waals surface area contributed by atoms with E-state index in [4.69, 9.17) is 11.6 Å². The minimum absolute atomic E-state index is 0.0257. The molecule has 0 radical (unpaired) electrons. The highest BCUT2D eigenvalue weighted by molar-refractivity contribution is 7.89. The van der Waals surface area contributed by atoms with Gasteiger partial charge in [-0.3, -0.25) is 4.79 Å². The molecule has 156 valence electrons. The smallest absolute Gasteiger partial charge is 0.243 e. The number of amides is 1. The third-order valence-electron chi connectivity index (χ3n) is 9.19. The van der Waals surface area contributed by atoms with Gasteiger partial charge in [-0.1, -0.05) is 11.6 Å². The molecule has 5 fully saturated rings. The first kappa shape index (κ1) is 18.6. The number of rotatable bonds is 5. The Morgan fingerprint density at radius 1 is 1.07 bits per heavy atom. The molecule has 1 N–H and O–H groups in total. The Morgan fingerprint density at radius 2 is 1.69 bits per heavy atom. The topological polar surface area (TPSA) is 66.5 Å². The van der Waals surface area contributed by atoms with Gasteiger partial charge in [0.05, 0.1) is 10.3 Å². The Hall–Kier alpha value is -1.11. The van der Waals surface area contributed by atoms with Crippen LogP contribution >= 0.6 is 11.6 Å². The summed E-state index contributed by atoms with van der Waals surface area (Å²) < 4.78 is 27.2.